The number of aromatic nitrogens is 1. The molecular formula is C19H16F3N3O7. The van der Waals surface area contributed by atoms with Crippen molar-refractivity contribution in [2.24, 2.45) is 0 Å². The van der Waals surface area contributed by atoms with Crippen LogP contribution in [-0.2, 0) is 14.3 Å². The van der Waals surface area contributed by atoms with Crippen LogP contribution in [0.15, 0.2) is 42.6 Å². The Morgan fingerprint density at radius 2 is 1.84 bits per heavy atom. The number of carbonyl (C=O) groups excluding carboxylic acids is 3. The summed E-state index contributed by atoms with van der Waals surface area (Å²) in [4.78, 5) is 39.3. The molecule has 10 nitrogen and oxygen atoms in total. The first-order valence-corrected chi connectivity index (χ1v) is 9.01. The van der Waals surface area contributed by atoms with Crippen molar-refractivity contribution in [3.63, 3.8) is 0 Å². The highest BCUT2D eigenvalue weighted by molar-refractivity contribution is 5.91. The predicted molar refractivity (Wildman–Crippen MR) is 98.7 cm³/mol. The Bertz CT molecular complexity index is 983. The van der Waals surface area contributed by atoms with Crippen LogP contribution in [0.3, 0.4) is 0 Å². The van der Waals surface area contributed by atoms with E-state index < -0.39 is 43.3 Å². The number of esters is 1. The quantitative estimate of drug-likeness (QED) is 0.491. The lowest BCUT2D eigenvalue weighted by Crippen LogP contribution is -2.51. The SMILES string of the molecule is O=C(COC(=O)c1ccc(OCC(F)(F)F)nc1)NNC(=O)C1COc2ccccc2O1. The molecule has 0 fully saturated rings. The number of alkyl halides is 3. The minimum absolute atomic E-state index is 0.0661. The Morgan fingerprint density at radius 1 is 1.09 bits per heavy atom. The third-order valence-corrected chi connectivity index (χ3v) is 3.82. The average molecular weight is 455 g/mol. The van der Waals surface area contributed by atoms with Gasteiger partial charge in [-0.2, -0.15) is 13.2 Å². The molecule has 2 N–H and O–H groups in total. The van der Waals surface area contributed by atoms with Crippen LogP contribution in [0.2, 0.25) is 0 Å². The Balaban J connectivity index is 1.39. The molecule has 1 aromatic heterocycles. The predicted octanol–water partition coefficient (Wildman–Crippen LogP) is 1.17. The lowest BCUT2D eigenvalue weighted by Gasteiger charge is -2.25. The fraction of sp³-hybridized carbons (Fsp3) is 0.263. The van der Waals surface area contributed by atoms with Gasteiger partial charge in [-0.3, -0.25) is 20.4 Å². The van der Waals surface area contributed by atoms with Gasteiger partial charge in [0.2, 0.25) is 12.0 Å². The van der Waals surface area contributed by atoms with Crippen LogP contribution in [0.4, 0.5) is 13.2 Å². The number of para-hydroxylation sites is 2. The number of halogens is 3. The second-order valence-corrected chi connectivity index (χ2v) is 6.27. The number of ether oxygens (including phenoxy) is 4. The van der Waals surface area contributed by atoms with Crippen LogP contribution in [0.1, 0.15) is 10.4 Å². The van der Waals surface area contributed by atoms with Crippen LogP contribution >= 0.6 is 0 Å². The zero-order chi connectivity index (χ0) is 23.1. The number of hydrazine groups is 1. The van der Waals surface area contributed by atoms with Gasteiger partial charge in [0.25, 0.3) is 11.8 Å². The largest absolute Gasteiger partial charge is 0.485 e. The van der Waals surface area contributed by atoms with Crippen molar-refractivity contribution in [3.05, 3.63) is 48.2 Å². The summed E-state index contributed by atoms with van der Waals surface area (Å²) < 4.78 is 56.3. The molecule has 2 heterocycles. The van der Waals surface area contributed by atoms with Gasteiger partial charge in [-0.25, -0.2) is 9.78 Å². The molecule has 1 atom stereocenters. The number of carbonyl (C=O) groups is 3. The van der Waals surface area contributed by atoms with Crippen molar-refractivity contribution in [2.75, 3.05) is 19.8 Å². The lowest BCUT2D eigenvalue weighted by molar-refractivity contribution is -0.154. The van der Waals surface area contributed by atoms with Gasteiger partial charge in [0.15, 0.2) is 24.7 Å². The maximum absolute atomic E-state index is 12.1. The number of rotatable bonds is 6. The first kappa shape index (κ1) is 22.7. The van der Waals surface area contributed by atoms with Gasteiger partial charge in [0.1, 0.15) is 6.61 Å². The lowest BCUT2D eigenvalue weighted by atomic mass is 10.2. The Kier molecular flexibility index (Phi) is 6.97. The molecule has 2 amide bonds. The molecule has 1 aliphatic rings. The molecule has 0 radical (unpaired) electrons. The average Bonchev–Trinajstić information content (AvgIpc) is 2.79. The summed E-state index contributed by atoms with van der Waals surface area (Å²) in [6, 6.07) is 8.92. The van der Waals surface area contributed by atoms with Gasteiger partial charge in [0.05, 0.1) is 5.56 Å². The molecule has 0 bridgehead atoms. The van der Waals surface area contributed by atoms with Gasteiger partial charge in [-0.15, -0.1) is 0 Å². The van der Waals surface area contributed by atoms with E-state index in [9.17, 15) is 27.6 Å². The number of amides is 2. The third-order valence-electron chi connectivity index (χ3n) is 3.82. The molecule has 1 aromatic carbocycles. The first-order chi connectivity index (χ1) is 15.2. The minimum Gasteiger partial charge on any atom is -0.485 e. The highest BCUT2D eigenvalue weighted by Crippen LogP contribution is 2.30. The van der Waals surface area contributed by atoms with Crippen molar-refractivity contribution >= 4 is 17.8 Å². The Labute approximate surface area is 178 Å². The Morgan fingerprint density at radius 3 is 2.53 bits per heavy atom. The van der Waals surface area contributed by atoms with E-state index in [-0.39, 0.29) is 18.1 Å². The number of hydrogen-bond donors (Lipinski definition) is 2. The van der Waals surface area contributed by atoms with Crippen molar-refractivity contribution in [1.29, 1.82) is 0 Å². The van der Waals surface area contributed by atoms with E-state index in [0.717, 1.165) is 18.3 Å². The van der Waals surface area contributed by atoms with Crippen LogP contribution < -0.4 is 25.1 Å². The van der Waals surface area contributed by atoms with Crippen molar-refractivity contribution in [1.82, 2.24) is 15.8 Å². The van der Waals surface area contributed by atoms with Crippen LogP contribution in [0.5, 0.6) is 17.4 Å². The standard InChI is InChI=1S/C19H16F3N3O7/c20-19(21,22)10-31-16-6-5-11(7-23-16)18(28)30-9-15(26)24-25-17(27)14-8-29-12-3-1-2-4-13(12)32-14/h1-7,14H,8-10H2,(H,24,26)(H,25,27). The second-order valence-electron chi connectivity index (χ2n) is 6.27. The summed E-state index contributed by atoms with van der Waals surface area (Å²) in [5, 5.41) is 0. The number of nitrogens with one attached hydrogen (secondary N) is 2. The van der Waals surface area contributed by atoms with Crippen LogP contribution in [0.25, 0.3) is 0 Å². The highest BCUT2D eigenvalue weighted by atomic mass is 19.4. The number of fused-ring (bicyclic) bond motifs is 1. The number of nitrogens with zero attached hydrogens (tertiary/aromatic N) is 1. The number of hydrogen-bond acceptors (Lipinski definition) is 8. The first-order valence-electron chi connectivity index (χ1n) is 9.01. The second kappa shape index (κ2) is 9.85. The van der Waals surface area contributed by atoms with Gasteiger partial charge >= 0.3 is 12.1 Å². The zero-order valence-corrected chi connectivity index (χ0v) is 16.2. The molecule has 32 heavy (non-hydrogen) atoms. The smallest absolute Gasteiger partial charge is 0.422 e. The van der Waals surface area contributed by atoms with Gasteiger partial charge < -0.3 is 18.9 Å². The van der Waals surface area contributed by atoms with E-state index in [2.05, 4.69) is 20.6 Å². The van der Waals surface area contributed by atoms with Crippen LogP contribution in [-0.4, -0.2) is 54.9 Å². The maximum Gasteiger partial charge on any atom is 0.422 e. The molecule has 170 valence electrons. The van der Waals surface area contributed by atoms with E-state index in [1.165, 1.54) is 0 Å². The fourth-order valence-corrected chi connectivity index (χ4v) is 2.35. The summed E-state index contributed by atoms with van der Waals surface area (Å²) >= 11 is 0. The van der Waals surface area contributed by atoms with Crippen molar-refractivity contribution in [2.45, 2.75) is 12.3 Å². The fourth-order valence-electron chi connectivity index (χ4n) is 2.35. The highest BCUT2D eigenvalue weighted by Gasteiger charge is 2.29. The summed E-state index contributed by atoms with van der Waals surface area (Å²) in [5.41, 5.74) is 4.06. The summed E-state index contributed by atoms with van der Waals surface area (Å²) in [5.74, 6) is -1.96. The van der Waals surface area contributed by atoms with E-state index in [0.29, 0.717) is 11.5 Å². The molecule has 0 spiro atoms. The normalized spacial score (nSPS) is 14.8. The topological polar surface area (TPSA) is 125 Å². The molecule has 0 saturated heterocycles. The molecule has 13 heteroatoms. The van der Waals surface area contributed by atoms with Crippen molar-refractivity contribution in [3.8, 4) is 17.4 Å². The van der Waals surface area contributed by atoms with E-state index in [4.69, 9.17) is 14.2 Å². The van der Waals surface area contributed by atoms with E-state index in [1.54, 1.807) is 24.3 Å². The summed E-state index contributed by atoms with van der Waals surface area (Å²) in [6.07, 6.45) is -4.59. The summed E-state index contributed by atoms with van der Waals surface area (Å²) in [6.45, 7) is -2.33. The molecule has 0 aliphatic carbocycles. The monoisotopic (exact) mass is 455 g/mol. The molecule has 0 saturated carbocycles. The van der Waals surface area contributed by atoms with Gasteiger partial charge in [-0.05, 0) is 18.2 Å². The van der Waals surface area contributed by atoms with Crippen molar-refractivity contribution < 1.29 is 46.5 Å². The maximum atomic E-state index is 12.1. The molecule has 1 unspecified atom stereocenters. The third kappa shape index (κ3) is 6.48. The number of pyridine rings is 1. The van der Waals surface area contributed by atoms with Crippen LogP contribution in [0, 0.1) is 0 Å². The molecular weight excluding hydrogens is 439 g/mol. The minimum atomic E-state index is -4.53. The summed E-state index contributed by atoms with van der Waals surface area (Å²) in [7, 11) is 0. The molecule has 3 rings (SSSR count). The van der Waals surface area contributed by atoms with Gasteiger partial charge in [-0.1, -0.05) is 12.1 Å². The van der Waals surface area contributed by atoms with E-state index in [1.807, 2.05) is 0 Å². The molecule has 1 aliphatic heterocycles. The number of benzene rings is 1. The van der Waals surface area contributed by atoms with E-state index >= 15 is 0 Å². The van der Waals surface area contributed by atoms with Gasteiger partial charge in [0, 0.05) is 12.3 Å². The molecule has 2 aromatic rings. The Hall–Kier alpha value is -4.03. The zero-order valence-electron chi connectivity index (χ0n) is 16.2.